The average Bonchev–Trinajstić information content (AvgIpc) is 2.65. The fraction of sp³-hybridized carbons (Fsp3) is 0.318. The van der Waals surface area contributed by atoms with Gasteiger partial charge < -0.3 is 16.2 Å². The lowest BCUT2D eigenvalue weighted by molar-refractivity contribution is -0.137. The van der Waals surface area contributed by atoms with Crippen LogP contribution in [0, 0.1) is 5.92 Å². The first-order valence-corrected chi connectivity index (χ1v) is 9.31. The third-order valence-electron chi connectivity index (χ3n) is 4.52. The molecule has 0 bridgehead atoms. The molecule has 1 amide bonds. The Morgan fingerprint density at radius 3 is 2.50 bits per heavy atom. The van der Waals surface area contributed by atoms with Crippen LogP contribution in [0.1, 0.15) is 41.3 Å². The van der Waals surface area contributed by atoms with Crippen LogP contribution in [0.15, 0.2) is 48.5 Å². The Morgan fingerprint density at radius 2 is 1.89 bits per heavy atom. The standard InChI is InChI=1S/C14H15NO4.C8H11N/c1-8(16)15-11-4-5-12-9(6-11)2-3-10(14(12)19)7-13(17)18;9-7-6-8-4-2-1-3-5-8/h4-6,10H,2-3,7H2,1H3,(H,15,16)(H,17,18);1-5H,6-7,9H2/t10-;/m1./s1. The first-order valence-electron chi connectivity index (χ1n) is 9.31. The number of aryl methyl sites for hydroxylation is 1. The van der Waals surface area contributed by atoms with Gasteiger partial charge >= 0.3 is 5.97 Å². The maximum atomic E-state index is 12.1. The van der Waals surface area contributed by atoms with Gasteiger partial charge in [0.05, 0.1) is 6.42 Å². The summed E-state index contributed by atoms with van der Waals surface area (Å²) in [7, 11) is 0. The highest BCUT2D eigenvalue weighted by atomic mass is 16.4. The molecule has 0 heterocycles. The zero-order chi connectivity index (χ0) is 20.5. The van der Waals surface area contributed by atoms with E-state index in [-0.39, 0.29) is 18.1 Å². The van der Waals surface area contributed by atoms with E-state index in [0.29, 0.717) is 24.1 Å². The summed E-state index contributed by atoms with van der Waals surface area (Å²) in [5.74, 6) is -1.66. The van der Waals surface area contributed by atoms with Gasteiger partial charge in [-0.2, -0.15) is 0 Å². The third-order valence-corrected chi connectivity index (χ3v) is 4.52. The Labute approximate surface area is 164 Å². The molecule has 0 spiro atoms. The van der Waals surface area contributed by atoms with E-state index in [9.17, 15) is 14.4 Å². The van der Waals surface area contributed by atoms with Gasteiger partial charge in [-0.1, -0.05) is 30.3 Å². The van der Waals surface area contributed by atoms with Gasteiger partial charge in [-0.25, -0.2) is 0 Å². The fourth-order valence-electron chi connectivity index (χ4n) is 3.22. The molecule has 0 fully saturated rings. The Bertz CT molecular complexity index is 834. The molecule has 0 radical (unpaired) electrons. The van der Waals surface area contributed by atoms with Crippen LogP contribution in [0.4, 0.5) is 5.69 Å². The summed E-state index contributed by atoms with van der Waals surface area (Å²) < 4.78 is 0. The summed E-state index contributed by atoms with van der Waals surface area (Å²) in [6.07, 6.45) is 2.07. The highest BCUT2D eigenvalue weighted by Crippen LogP contribution is 2.29. The number of aliphatic carboxylic acids is 1. The molecular weight excluding hydrogens is 356 g/mol. The van der Waals surface area contributed by atoms with Crippen molar-refractivity contribution in [2.24, 2.45) is 11.7 Å². The number of carbonyl (C=O) groups is 3. The maximum absolute atomic E-state index is 12.1. The number of hydrogen-bond acceptors (Lipinski definition) is 4. The van der Waals surface area contributed by atoms with Crippen LogP contribution < -0.4 is 11.1 Å². The van der Waals surface area contributed by atoms with E-state index in [1.165, 1.54) is 12.5 Å². The molecule has 3 rings (SSSR count). The number of ketones is 1. The third kappa shape index (κ3) is 6.32. The van der Waals surface area contributed by atoms with Crippen LogP contribution in [0.2, 0.25) is 0 Å². The molecule has 2 aromatic rings. The zero-order valence-electron chi connectivity index (χ0n) is 16.0. The zero-order valence-corrected chi connectivity index (χ0v) is 16.0. The number of carboxylic acid groups (broad SMARTS) is 1. The molecule has 0 saturated carbocycles. The molecule has 4 N–H and O–H groups in total. The van der Waals surface area contributed by atoms with E-state index in [1.807, 2.05) is 18.2 Å². The molecule has 0 aliphatic heterocycles. The van der Waals surface area contributed by atoms with Crippen molar-refractivity contribution >= 4 is 23.3 Å². The van der Waals surface area contributed by atoms with Gasteiger partial charge in [0.25, 0.3) is 0 Å². The second-order valence-corrected chi connectivity index (χ2v) is 6.78. The van der Waals surface area contributed by atoms with Crippen LogP contribution in [0.3, 0.4) is 0 Å². The number of carbonyl (C=O) groups excluding carboxylic acids is 2. The minimum atomic E-state index is -0.948. The molecule has 0 saturated heterocycles. The topological polar surface area (TPSA) is 109 Å². The minimum Gasteiger partial charge on any atom is -0.481 e. The molecule has 6 nitrogen and oxygen atoms in total. The molecule has 1 aliphatic carbocycles. The minimum absolute atomic E-state index is 0.113. The molecular formula is C22H26N2O4. The number of Topliss-reactive ketones (excluding diaryl/α,β-unsaturated/α-hetero) is 1. The monoisotopic (exact) mass is 382 g/mol. The maximum Gasteiger partial charge on any atom is 0.304 e. The number of fused-ring (bicyclic) bond motifs is 1. The van der Waals surface area contributed by atoms with Crippen molar-refractivity contribution in [2.75, 3.05) is 11.9 Å². The van der Waals surface area contributed by atoms with Crippen LogP contribution in [-0.2, 0) is 22.4 Å². The molecule has 28 heavy (non-hydrogen) atoms. The van der Waals surface area contributed by atoms with Crippen LogP contribution in [0.5, 0.6) is 0 Å². The first kappa shape index (κ1) is 21.3. The Hall–Kier alpha value is -2.99. The number of anilines is 1. The highest BCUT2D eigenvalue weighted by molar-refractivity contribution is 6.02. The van der Waals surface area contributed by atoms with Gasteiger partial charge in [-0.3, -0.25) is 14.4 Å². The Kier molecular flexibility index (Phi) is 7.89. The van der Waals surface area contributed by atoms with Crippen LogP contribution >= 0.6 is 0 Å². The van der Waals surface area contributed by atoms with Gasteiger partial charge in [0, 0.05) is 24.1 Å². The van der Waals surface area contributed by atoms with Gasteiger partial charge in [0.1, 0.15) is 0 Å². The largest absolute Gasteiger partial charge is 0.481 e. The van der Waals surface area contributed by atoms with Crippen molar-refractivity contribution in [3.8, 4) is 0 Å². The number of hydrogen-bond donors (Lipinski definition) is 3. The van der Waals surface area contributed by atoms with E-state index >= 15 is 0 Å². The predicted octanol–water partition coefficient (Wildman–Crippen LogP) is 3.05. The smallest absolute Gasteiger partial charge is 0.304 e. The van der Waals surface area contributed by atoms with Crippen LogP contribution in [0.25, 0.3) is 0 Å². The quantitative estimate of drug-likeness (QED) is 0.736. The summed E-state index contributed by atoms with van der Waals surface area (Å²) >= 11 is 0. The van der Waals surface area contributed by atoms with E-state index in [4.69, 9.17) is 10.8 Å². The van der Waals surface area contributed by atoms with E-state index in [0.717, 1.165) is 18.5 Å². The SMILES string of the molecule is CC(=O)Nc1ccc2c(c1)CC[C@H](CC(=O)O)C2=O.NCCc1ccccc1. The lowest BCUT2D eigenvalue weighted by atomic mass is 9.81. The molecule has 2 aromatic carbocycles. The van der Waals surface area contributed by atoms with Crippen molar-refractivity contribution in [2.45, 2.75) is 32.6 Å². The fourth-order valence-corrected chi connectivity index (χ4v) is 3.22. The summed E-state index contributed by atoms with van der Waals surface area (Å²) in [6, 6.07) is 15.4. The van der Waals surface area contributed by atoms with Crippen molar-refractivity contribution in [1.82, 2.24) is 0 Å². The molecule has 148 valence electrons. The molecule has 1 aliphatic rings. The van der Waals surface area contributed by atoms with Gasteiger partial charge in [0.15, 0.2) is 5.78 Å². The summed E-state index contributed by atoms with van der Waals surface area (Å²) in [6.45, 7) is 2.16. The molecule has 0 aromatic heterocycles. The molecule has 1 atom stereocenters. The van der Waals surface area contributed by atoms with E-state index in [1.54, 1.807) is 18.2 Å². The lowest BCUT2D eigenvalue weighted by Gasteiger charge is -2.22. The Morgan fingerprint density at radius 1 is 1.18 bits per heavy atom. The first-order chi connectivity index (χ1) is 13.4. The van der Waals surface area contributed by atoms with Gasteiger partial charge in [-0.15, -0.1) is 0 Å². The number of carboxylic acids is 1. The van der Waals surface area contributed by atoms with Crippen molar-refractivity contribution in [1.29, 1.82) is 0 Å². The van der Waals surface area contributed by atoms with Crippen molar-refractivity contribution in [3.05, 3.63) is 65.2 Å². The second-order valence-electron chi connectivity index (χ2n) is 6.78. The Balaban J connectivity index is 0.000000261. The molecule has 0 unspecified atom stereocenters. The average molecular weight is 382 g/mol. The van der Waals surface area contributed by atoms with Gasteiger partial charge in [0.2, 0.25) is 5.91 Å². The van der Waals surface area contributed by atoms with Gasteiger partial charge in [-0.05, 0) is 55.1 Å². The summed E-state index contributed by atoms with van der Waals surface area (Å²) in [5, 5.41) is 11.4. The summed E-state index contributed by atoms with van der Waals surface area (Å²) in [4.78, 5) is 33.8. The highest BCUT2D eigenvalue weighted by Gasteiger charge is 2.29. The predicted molar refractivity (Wildman–Crippen MR) is 108 cm³/mol. The van der Waals surface area contributed by atoms with Crippen molar-refractivity contribution < 1.29 is 19.5 Å². The normalized spacial score (nSPS) is 15.1. The number of benzene rings is 2. The van der Waals surface area contributed by atoms with E-state index < -0.39 is 11.9 Å². The number of rotatable bonds is 5. The van der Waals surface area contributed by atoms with E-state index in [2.05, 4.69) is 17.4 Å². The van der Waals surface area contributed by atoms with Crippen molar-refractivity contribution in [3.63, 3.8) is 0 Å². The van der Waals surface area contributed by atoms with Crippen LogP contribution in [-0.4, -0.2) is 29.3 Å². The second kappa shape index (κ2) is 10.4. The lowest BCUT2D eigenvalue weighted by Crippen LogP contribution is -2.25. The number of amides is 1. The number of nitrogens with two attached hydrogens (primary N) is 1. The number of nitrogens with one attached hydrogen (secondary N) is 1. The molecule has 6 heteroatoms. The summed E-state index contributed by atoms with van der Waals surface area (Å²) in [5.41, 5.74) is 8.79.